The number of anilines is 3. The number of rotatable bonds is 5. The lowest BCUT2D eigenvalue weighted by molar-refractivity contribution is 0.0662. The van der Waals surface area contributed by atoms with Crippen LogP contribution in [0.3, 0.4) is 0 Å². The van der Waals surface area contributed by atoms with E-state index in [4.69, 9.17) is 9.72 Å². The van der Waals surface area contributed by atoms with Crippen molar-refractivity contribution < 1.29 is 4.74 Å². The highest BCUT2D eigenvalue weighted by Gasteiger charge is 2.18. The topological polar surface area (TPSA) is 92.7 Å². The Hall–Kier alpha value is -2.61. The highest BCUT2D eigenvalue weighted by Crippen LogP contribution is 2.27. The summed E-state index contributed by atoms with van der Waals surface area (Å²) in [5, 5.41) is 11.5. The molecule has 148 valence electrons. The van der Waals surface area contributed by atoms with Crippen LogP contribution in [-0.2, 0) is 4.74 Å². The lowest BCUT2D eigenvalue weighted by Crippen LogP contribution is -2.23. The molecule has 1 aliphatic carbocycles. The number of H-pyrrole nitrogens is 1. The van der Waals surface area contributed by atoms with Gasteiger partial charge in [0.05, 0.1) is 23.4 Å². The van der Waals surface area contributed by atoms with E-state index in [0.29, 0.717) is 18.0 Å². The third-order valence-corrected chi connectivity index (χ3v) is 5.77. The first-order chi connectivity index (χ1) is 13.8. The van der Waals surface area contributed by atoms with Gasteiger partial charge >= 0.3 is 0 Å². The van der Waals surface area contributed by atoms with Crippen molar-refractivity contribution in [2.45, 2.75) is 57.0 Å². The Morgan fingerprint density at radius 2 is 1.93 bits per heavy atom. The first kappa shape index (κ1) is 17.5. The number of hydrogen-bond donors (Lipinski definition) is 3. The molecule has 0 unspecified atom stereocenters. The van der Waals surface area contributed by atoms with E-state index in [1.807, 2.05) is 29.3 Å². The van der Waals surface area contributed by atoms with Crippen molar-refractivity contribution in [1.82, 2.24) is 24.7 Å². The molecule has 3 aromatic heterocycles. The second-order valence-corrected chi connectivity index (χ2v) is 7.79. The van der Waals surface area contributed by atoms with Gasteiger partial charge < -0.3 is 20.4 Å². The highest BCUT2D eigenvalue weighted by atomic mass is 16.5. The molecule has 4 heterocycles. The fraction of sp³-hybridized carbons (Fsp3) is 0.550. The second kappa shape index (κ2) is 7.79. The molecule has 0 aromatic carbocycles. The van der Waals surface area contributed by atoms with Gasteiger partial charge in [0.1, 0.15) is 5.52 Å². The Kier molecular flexibility index (Phi) is 4.86. The zero-order chi connectivity index (χ0) is 18.8. The molecule has 8 heteroatoms. The number of nitrogens with zero attached hydrogens (tertiary/aromatic N) is 4. The van der Waals surface area contributed by atoms with Crippen LogP contribution in [0.1, 0.15) is 51.0 Å². The van der Waals surface area contributed by atoms with Crippen LogP contribution in [0, 0.1) is 0 Å². The van der Waals surface area contributed by atoms with Crippen LogP contribution >= 0.6 is 0 Å². The van der Waals surface area contributed by atoms with Crippen LogP contribution in [0.5, 0.6) is 0 Å². The normalized spacial score (nSPS) is 19.1. The van der Waals surface area contributed by atoms with Crippen LogP contribution in [0.15, 0.2) is 24.7 Å². The van der Waals surface area contributed by atoms with Gasteiger partial charge in [0.25, 0.3) is 0 Å². The van der Waals surface area contributed by atoms with E-state index >= 15 is 0 Å². The van der Waals surface area contributed by atoms with Crippen molar-refractivity contribution in [3.05, 3.63) is 24.7 Å². The van der Waals surface area contributed by atoms with E-state index in [1.165, 1.54) is 32.1 Å². The van der Waals surface area contributed by atoms with Crippen molar-refractivity contribution in [2.75, 3.05) is 23.8 Å². The summed E-state index contributed by atoms with van der Waals surface area (Å²) in [7, 11) is 0. The molecule has 0 atom stereocenters. The third kappa shape index (κ3) is 3.69. The van der Waals surface area contributed by atoms with Crippen LogP contribution in [0.25, 0.3) is 11.0 Å². The largest absolute Gasteiger partial charge is 0.381 e. The number of nitrogens with one attached hydrogen (secondary N) is 3. The number of ether oxygens (including phenoxy) is 1. The highest BCUT2D eigenvalue weighted by molar-refractivity contribution is 5.87. The summed E-state index contributed by atoms with van der Waals surface area (Å²) in [6, 6.07) is 2.87. The van der Waals surface area contributed by atoms with Crippen molar-refractivity contribution >= 4 is 28.5 Å². The van der Waals surface area contributed by atoms with E-state index in [2.05, 4.69) is 25.7 Å². The molecule has 28 heavy (non-hydrogen) atoms. The van der Waals surface area contributed by atoms with Crippen LogP contribution < -0.4 is 10.6 Å². The van der Waals surface area contributed by atoms with Crippen molar-refractivity contribution in [3.63, 3.8) is 0 Å². The molecule has 0 spiro atoms. The summed E-state index contributed by atoms with van der Waals surface area (Å²) in [6.45, 7) is 1.60. The van der Waals surface area contributed by atoms with Gasteiger partial charge in [-0.2, -0.15) is 10.1 Å². The monoisotopic (exact) mass is 381 g/mol. The maximum Gasteiger partial charge on any atom is 0.229 e. The van der Waals surface area contributed by atoms with Gasteiger partial charge in [-0.25, -0.2) is 4.98 Å². The van der Waals surface area contributed by atoms with Gasteiger partial charge in [-0.05, 0) is 31.7 Å². The zero-order valence-electron chi connectivity index (χ0n) is 16.0. The summed E-state index contributed by atoms with van der Waals surface area (Å²) in [4.78, 5) is 12.7. The fourth-order valence-corrected chi connectivity index (χ4v) is 4.23. The van der Waals surface area contributed by atoms with Gasteiger partial charge in [0, 0.05) is 31.6 Å². The SMILES string of the molecule is c1cc2nc(Nc3cnn(C4CCOCC4)c3)nc(NC3CCCCC3)c2[nH]1. The Bertz CT molecular complexity index is 922. The van der Waals surface area contributed by atoms with Crippen LogP contribution in [0.2, 0.25) is 0 Å². The molecule has 0 amide bonds. The van der Waals surface area contributed by atoms with E-state index in [1.54, 1.807) is 0 Å². The fourth-order valence-electron chi connectivity index (χ4n) is 4.23. The average molecular weight is 381 g/mol. The zero-order valence-corrected chi connectivity index (χ0v) is 16.0. The first-order valence-corrected chi connectivity index (χ1v) is 10.4. The molecule has 2 fully saturated rings. The standard InChI is InChI=1S/C20H27N7O/c1-2-4-14(5-3-1)23-19-18-17(6-9-21-18)25-20(26-19)24-15-12-22-27(13-15)16-7-10-28-11-8-16/h6,9,12-14,16,21H,1-5,7-8,10-11H2,(H2,23,24,25,26). The number of aromatic amines is 1. The number of fused-ring (bicyclic) bond motifs is 1. The molecular weight excluding hydrogens is 354 g/mol. The minimum absolute atomic E-state index is 0.404. The van der Waals surface area contributed by atoms with E-state index in [0.717, 1.165) is 48.6 Å². The van der Waals surface area contributed by atoms with Crippen molar-refractivity contribution in [1.29, 1.82) is 0 Å². The molecular formula is C20H27N7O. The smallest absolute Gasteiger partial charge is 0.229 e. The lowest BCUT2D eigenvalue weighted by atomic mass is 9.95. The van der Waals surface area contributed by atoms with Gasteiger partial charge in [0.2, 0.25) is 5.95 Å². The number of aromatic nitrogens is 5. The molecule has 8 nitrogen and oxygen atoms in total. The quantitative estimate of drug-likeness (QED) is 0.619. The molecule has 3 N–H and O–H groups in total. The minimum atomic E-state index is 0.404. The molecule has 1 saturated carbocycles. The summed E-state index contributed by atoms with van der Waals surface area (Å²) in [6.07, 6.45) is 14.1. The Labute approximate surface area is 164 Å². The summed E-state index contributed by atoms with van der Waals surface area (Å²) in [5.74, 6) is 1.47. The Morgan fingerprint density at radius 1 is 1.07 bits per heavy atom. The summed E-state index contributed by atoms with van der Waals surface area (Å²) in [5.41, 5.74) is 2.78. The Balaban J connectivity index is 1.36. The molecule has 3 aromatic rings. The van der Waals surface area contributed by atoms with Gasteiger partial charge in [-0.1, -0.05) is 19.3 Å². The van der Waals surface area contributed by atoms with E-state index in [-0.39, 0.29) is 0 Å². The average Bonchev–Trinajstić information content (AvgIpc) is 3.39. The molecule has 0 radical (unpaired) electrons. The maximum absolute atomic E-state index is 5.45. The molecule has 0 bridgehead atoms. The van der Waals surface area contributed by atoms with Gasteiger partial charge in [0.15, 0.2) is 5.82 Å². The minimum Gasteiger partial charge on any atom is -0.381 e. The summed E-state index contributed by atoms with van der Waals surface area (Å²) < 4.78 is 7.47. The predicted octanol–water partition coefficient (Wildman–Crippen LogP) is 3.99. The summed E-state index contributed by atoms with van der Waals surface area (Å²) >= 11 is 0. The second-order valence-electron chi connectivity index (χ2n) is 7.79. The third-order valence-electron chi connectivity index (χ3n) is 5.77. The maximum atomic E-state index is 5.45. The van der Waals surface area contributed by atoms with Gasteiger partial charge in [-0.15, -0.1) is 0 Å². The molecule has 1 aliphatic heterocycles. The van der Waals surface area contributed by atoms with Crippen molar-refractivity contribution in [3.8, 4) is 0 Å². The first-order valence-electron chi connectivity index (χ1n) is 10.4. The molecule has 2 aliphatic rings. The molecule has 1 saturated heterocycles. The molecule has 5 rings (SSSR count). The van der Waals surface area contributed by atoms with Crippen LogP contribution in [-0.4, -0.2) is 44.0 Å². The Morgan fingerprint density at radius 3 is 2.79 bits per heavy atom. The van der Waals surface area contributed by atoms with Crippen LogP contribution in [0.4, 0.5) is 17.5 Å². The predicted molar refractivity (Wildman–Crippen MR) is 109 cm³/mol. The van der Waals surface area contributed by atoms with Crippen molar-refractivity contribution in [2.24, 2.45) is 0 Å². The lowest BCUT2D eigenvalue weighted by Gasteiger charge is -2.23. The van der Waals surface area contributed by atoms with Gasteiger partial charge in [-0.3, -0.25) is 4.68 Å². The van der Waals surface area contributed by atoms with E-state index < -0.39 is 0 Å². The van der Waals surface area contributed by atoms with E-state index in [9.17, 15) is 0 Å². The number of hydrogen-bond acceptors (Lipinski definition) is 6.